The first kappa shape index (κ1) is 14.0. The number of nitrogens with one attached hydrogen (secondary N) is 1. The van der Waals surface area contributed by atoms with Crippen molar-refractivity contribution in [2.24, 2.45) is 11.7 Å². The summed E-state index contributed by atoms with van der Waals surface area (Å²) in [5.74, 6) is 0.509. The fourth-order valence-corrected chi connectivity index (χ4v) is 4.97. The molecular weight excluding hydrogens is 268 g/mol. The van der Waals surface area contributed by atoms with Crippen LogP contribution in [0.15, 0.2) is 10.3 Å². The molecule has 102 valence electrons. The second-order valence-corrected chi connectivity index (χ2v) is 8.01. The fourth-order valence-electron chi connectivity index (χ4n) is 2.34. The molecule has 0 spiro atoms. The van der Waals surface area contributed by atoms with Gasteiger partial charge in [-0.15, -0.1) is 11.3 Å². The molecule has 2 rings (SSSR count). The Hall–Kier alpha value is -0.430. The van der Waals surface area contributed by atoms with Crippen LogP contribution in [-0.4, -0.2) is 15.0 Å². The number of nitrogens with two attached hydrogens (primary N) is 1. The predicted octanol–water partition coefficient (Wildman–Crippen LogP) is 1.98. The predicted molar refractivity (Wildman–Crippen MR) is 74.1 cm³/mol. The molecular formula is C12H20N2O2S2. The molecule has 4 nitrogen and oxygen atoms in total. The van der Waals surface area contributed by atoms with Gasteiger partial charge in [-0.2, -0.15) is 0 Å². The first-order chi connectivity index (χ1) is 8.53. The van der Waals surface area contributed by atoms with E-state index >= 15 is 0 Å². The van der Waals surface area contributed by atoms with Crippen molar-refractivity contribution >= 4 is 21.4 Å². The highest BCUT2D eigenvalue weighted by Gasteiger charge is 2.21. The summed E-state index contributed by atoms with van der Waals surface area (Å²) in [7, 11) is -3.35. The largest absolute Gasteiger partial charge is 0.326 e. The van der Waals surface area contributed by atoms with E-state index in [2.05, 4.69) is 4.72 Å². The summed E-state index contributed by atoms with van der Waals surface area (Å²) >= 11 is 1.27. The van der Waals surface area contributed by atoms with Gasteiger partial charge in [0, 0.05) is 18.0 Å². The fraction of sp³-hybridized carbons (Fsp3) is 0.667. The lowest BCUT2D eigenvalue weighted by atomic mass is 10.1. The van der Waals surface area contributed by atoms with Crippen LogP contribution >= 0.6 is 11.3 Å². The first-order valence-electron chi connectivity index (χ1n) is 6.32. The van der Waals surface area contributed by atoms with E-state index < -0.39 is 10.0 Å². The maximum absolute atomic E-state index is 12.1. The van der Waals surface area contributed by atoms with Crippen LogP contribution in [0.3, 0.4) is 0 Å². The highest BCUT2D eigenvalue weighted by Crippen LogP contribution is 2.27. The normalized spacial score (nSPS) is 17.4. The third-order valence-electron chi connectivity index (χ3n) is 3.49. The van der Waals surface area contributed by atoms with Crippen molar-refractivity contribution in [1.82, 2.24) is 4.72 Å². The van der Waals surface area contributed by atoms with E-state index in [1.165, 1.54) is 24.2 Å². The zero-order valence-corrected chi connectivity index (χ0v) is 12.2. The average molecular weight is 288 g/mol. The van der Waals surface area contributed by atoms with E-state index in [1.54, 1.807) is 6.07 Å². The summed E-state index contributed by atoms with van der Waals surface area (Å²) in [6.45, 7) is 2.86. The van der Waals surface area contributed by atoms with Crippen LogP contribution in [0.25, 0.3) is 0 Å². The average Bonchev–Trinajstić information content (AvgIpc) is 2.95. The lowest BCUT2D eigenvalue weighted by Crippen LogP contribution is -2.27. The molecule has 6 heteroatoms. The monoisotopic (exact) mass is 288 g/mol. The molecule has 0 aromatic carbocycles. The summed E-state index contributed by atoms with van der Waals surface area (Å²) in [4.78, 5) is 0.941. The topological polar surface area (TPSA) is 72.2 Å². The molecule has 0 aliphatic heterocycles. The van der Waals surface area contributed by atoms with Gasteiger partial charge in [0.2, 0.25) is 10.0 Å². The number of aryl methyl sites for hydroxylation is 1. The summed E-state index contributed by atoms with van der Waals surface area (Å²) < 4.78 is 27.4. The van der Waals surface area contributed by atoms with Crippen LogP contribution < -0.4 is 10.5 Å². The first-order valence-corrected chi connectivity index (χ1v) is 8.62. The Labute approximate surface area is 113 Å². The third kappa shape index (κ3) is 3.12. The van der Waals surface area contributed by atoms with Gasteiger partial charge in [0.1, 0.15) is 4.21 Å². The van der Waals surface area contributed by atoms with Crippen molar-refractivity contribution in [1.29, 1.82) is 0 Å². The molecule has 0 atom stereocenters. The zero-order chi connectivity index (χ0) is 13.2. The van der Waals surface area contributed by atoms with Gasteiger partial charge in [0.15, 0.2) is 0 Å². The van der Waals surface area contributed by atoms with Crippen molar-refractivity contribution in [3.8, 4) is 0 Å². The number of thiophene rings is 1. The standard InChI is InChI=1S/C12H20N2O2S2/c1-9-6-12(17-11(9)7-13)18(15,16)14-8-10-4-2-3-5-10/h6,10,14H,2-5,7-8,13H2,1H3. The SMILES string of the molecule is Cc1cc(S(=O)(=O)NCC2CCCC2)sc1CN. The van der Waals surface area contributed by atoms with Crippen molar-refractivity contribution in [2.45, 2.75) is 43.4 Å². The summed E-state index contributed by atoms with van der Waals surface area (Å²) in [6.07, 6.45) is 4.73. The van der Waals surface area contributed by atoms with Gasteiger partial charge in [-0.1, -0.05) is 12.8 Å². The van der Waals surface area contributed by atoms with Crippen molar-refractivity contribution < 1.29 is 8.42 Å². The van der Waals surface area contributed by atoms with Gasteiger partial charge < -0.3 is 5.73 Å². The third-order valence-corrected chi connectivity index (χ3v) is 6.64. The lowest BCUT2D eigenvalue weighted by Gasteiger charge is -2.09. The van der Waals surface area contributed by atoms with Crippen LogP contribution in [0.1, 0.15) is 36.1 Å². The lowest BCUT2D eigenvalue weighted by molar-refractivity contribution is 0.520. The minimum absolute atomic E-state index is 0.387. The molecule has 0 bridgehead atoms. The molecule has 0 radical (unpaired) electrons. The molecule has 1 aliphatic carbocycles. The summed E-state index contributed by atoms with van der Waals surface area (Å²) in [5, 5.41) is 0. The van der Waals surface area contributed by atoms with Gasteiger partial charge in [-0.25, -0.2) is 13.1 Å². The van der Waals surface area contributed by atoms with Gasteiger partial charge in [-0.3, -0.25) is 0 Å². The van der Waals surface area contributed by atoms with E-state index in [0.29, 0.717) is 23.2 Å². The van der Waals surface area contributed by atoms with Crippen LogP contribution in [-0.2, 0) is 16.6 Å². The van der Waals surface area contributed by atoms with E-state index in [0.717, 1.165) is 23.3 Å². The van der Waals surface area contributed by atoms with E-state index in [-0.39, 0.29) is 0 Å². The number of hydrogen-bond donors (Lipinski definition) is 2. The minimum atomic E-state index is -3.35. The Balaban J connectivity index is 2.04. The van der Waals surface area contributed by atoms with Crippen LogP contribution in [0, 0.1) is 12.8 Å². The second kappa shape index (κ2) is 5.69. The van der Waals surface area contributed by atoms with Crippen molar-refractivity contribution in [2.75, 3.05) is 6.54 Å². The van der Waals surface area contributed by atoms with E-state index in [1.807, 2.05) is 6.92 Å². The van der Waals surface area contributed by atoms with Crippen molar-refractivity contribution in [3.05, 3.63) is 16.5 Å². The van der Waals surface area contributed by atoms with Gasteiger partial charge in [0.05, 0.1) is 0 Å². The highest BCUT2D eigenvalue weighted by atomic mass is 32.2. The highest BCUT2D eigenvalue weighted by molar-refractivity contribution is 7.91. The molecule has 1 fully saturated rings. The molecule has 1 aromatic heterocycles. The molecule has 3 N–H and O–H groups in total. The zero-order valence-electron chi connectivity index (χ0n) is 10.6. The molecule has 18 heavy (non-hydrogen) atoms. The molecule has 1 heterocycles. The Bertz CT molecular complexity index is 502. The van der Waals surface area contributed by atoms with E-state index in [9.17, 15) is 8.42 Å². The Morgan fingerprint density at radius 3 is 2.67 bits per heavy atom. The minimum Gasteiger partial charge on any atom is -0.326 e. The quantitative estimate of drug-likeness (QED) is 0.870. The molecule has 0 amide bonds. The molecule has 1 aliphatic rings. The van der Waals surface area contributed by atoms with Crippen molar-refractivity contribution in [3.63, 3.8) is 0 Å². The summed E-state index contributed by atoms with van der Waals surface area (Å²) in [5.41, 5.74) is 6.54. The van der Waals surface area contributed by atoms with Gasteiger partial charge in [-0.05, 0) is 37.3 Å². The summed E-state index contributed by atoms with van der Waals surface area (Å²) in [6, 6.07) is 1.71. The molecule has 0 saturated heterocycles. The molecule has 0 unspecified atom stereocenters. The molecule has 1 saturated carbocycles. The Morgan fingerprint density at radius 2 is 2.11 bits per heavy atom. The molecule has 1 aromatic rings. The number of rotatable bonds is 5. The van der Waals surface area contributed by atoms with Gasteiger partial charge >= 0.3 is 0 Å². The van der Waals surface area contributed by atoms with Crippen LogP contribution in [0.4, 0.5) is 0 Å². The van der Waals surface area contributed by atoms with Crippen LogP contribution in [0.2, 0.25) is 0 Å². The van der Waals surface area contributed by atoms with Gasteiger partial charge in [0.25, 0.3) is 0 Å². The number of sulfonamides is 1. The Morgan fingerprint density at radius 1 is 1.44 bits per heavy atom. The maximum Gasteiger partial charge on any atom is 0.250 e. The maximum atomic E-state index is 12.1. The van der Waals surface area contributed by atoms with E-state index in [4.69, 9.17) is 5.73 Å². The van der Waals surface area contributed by atoms with Crippen LogP contribution in [0.5, 0.6) is 0 Å². The number of hydrogen-bond acceptors (Lipinski definition) is 4. The second-order valence-electron chi connectivity index (χ2n) is 4.88. The Kier molecular flexibility index (Phi) is 4.42. The smallest absolute Gasteiger partial charge is 0.250 e.